The van der Waals surface area contributed by atoms with Gasteiger partial charge in [-0.3, -0.25) is 4.99 Å². The van der Waals surface area contributed by atoms with Gasteiger partial charge in [0.2, 0.25) is 0 Å². The maximum atomic E-state index is 12.9. The maximum Gasteiger partial charge on any atom is 0.191 e. The minimum absolute atomic E-state index is 0. The average molecular weight is 463 g/mol. The van der Waals surface area contributed by atoms with Crippen LogP contribution in [0.5, 0.6) is 5.75 Å². The molecular formula is C17H23FIN3OS. The second-order valence-electron chi connectivity index (χ2n) is 5.22. The lowest BCUT2D eigenvalue weighted by molar-refractivity contribution is 0.223. The molecule has 1 aromatic heterocycles. The van der Waals surface area contributed by atoms with E-state index in [1.807, 2.05) is 13.0 Å². The van der Waals surface area contributed by atoms with Gasteiger partial charge >= 0.3 is 0 Å². The van der Waals surface area contributed by atoms with Crippen LogP contribution in [0.3, 0.4) is 0 Å². The van der Waals surface area contributed by atoms with Gasteiger partial charge in [0.05, 0.1) is 12.6 Å². The molecule has 0 spiro atoms. The number of hydrogen-bond donors (Lipinski definition) is 2. The second-order valence-corrected chi connectivity index (χ2v) is 6.20. The Kier molecular flexibility index (Phi) is 9.05. The number of guanidine groups is 1. The van der Waals surface area contributed by atoms with E-state index in [-0.39, 0.29) is 41.9 Å². The van der Waals surface area contributed by atoms with Crippen LogP contribution in [0.1, 0.15) is 24.8 Å². The third kappa shape index (κ3) is 6.64. The highest BCUT2D eigenvalue weighted by atomic mass is 127. The summed E-state index contributed by atoms with van der Waals surface area (Å²) < 4.78 is 18.6. The third-order valence-electron chi connectivity index (χ3n) is 3.25. The van der Waals surface area contributed by atoms with Crippen LogP contribution in [0.4, 0.5) is 4.39 Å². The molecule has 0 fully saturated rings. The summed E-state index contributed by atoms with van der Waals surface area (Å²) >= 11 is 1.71. The summed E-state index contributed by atoms with van der Waals surface area (Å²) in [6.45, 7) is 4.64. The fraction of sp³-hybridized carbons (Fsp3) is 0.353. The number of nitrogens with one attached hydrogen (secondary N) is 2. The van der Waals surface area contributed by atoms with Crippen LogP contribution < -0.4 is 15.4 Å². The SMILES string of the molecule is CN=C(NCC(C)Oc1ccc(F)cc1)NC(C)c1cccs1.I. The van der Waals surface area contributed by atoms with Crippen molar-refractivity contribution < 1.29 is 9.13 Å². The number of rotatable bonds is 6. The van der Waals surface area contributed by atoms with Gasteiger partial charge in [-0.1, -0.05) is 6.07 Å². The molecule has 24 heavy (non-hydrogen) atoms. The van der Waals surface area contributed by atoms with E-state index in [9.17, 15) is 4.39 Å². The van der Waals surface area contributed by atoms with E-state index in [0.29, 0.717) is 12.3 Å². The second kappa shape index (κ2) is 10.5. The fourth-order valence-corrected chi connectivity index (χ4v) is 2.77. The Hall–Kier alpha value is -1.35. The number of ether oxygens (including phenoxy) is 1. The number of halogens is 2. The molecular weight excluding hydrogens is 440 g/mol. The summed E-state index contributed by atoms with van der Waals surface area (Å²) in [5.41, 5.74) is 0. The highest BCUT2D eigenvalue weighted by Gasteiger charge is 2.10. The maximum absolute atomic E-state index is 12.9. The van der Waals surface area contributed by atoms with E-state index < -0.39 is 0 Å². The molecule has 2 rings (SSSR count). The molecule has 0 aliphatic rings. The lowest BCUT2D eigenvalue weighted by atomic mass is 10.3. The van der Waals surface area contributed by atoms with Crippen LogP contribution >= 0.6 is 35.3 Å². The molecule has 0 saturated carbocycles. The van der Waals surface area contributed by atoms with Crippen molar-refractivity contribution in [3.05, 3.63) is 52.5 Å². The molecule has 2 N–H and O–H groups in total. The predicted octanol–water partition coefficient (Wildman–Crippen LogP) is 4.20. The molecule has 2 aromatic rings. The van der Waals surface area contributed by atoms with Crippen LogP contribution in [0.15, 0.2) is 46.8 Å². The Morgan fingerprint density at radius 1 is 1.25 bits per heavy atom. The van der Waals surface area contributed by atoms with Gasteiger partial charge in [-0.15, -0.1) is 35.3 Å². The zero-order chi connectivity index (χ0) is 16.7. The largest absolute Gasteiger partial charge is 0.489 e. The van der Waals surface area contributed by atoms with Crippen LogP contribution in [0.2, 0.25) is 0 Å². The number of aliphatic imine (C=N–C) groups is 1. The molecule has 0 amide bonds. The van der Waals surface area contributed by atoms with Crippen molar-refractivity contribution in [2.24, 2.45) is 4.99 Å². The summed E-state index contributed by atoms with van der Waals surface area (Å²) in [5, 5.41) is 8.64. The number of nitrogens with zero attached hydrogens (tertiary/aromatic N) is 1. The number of thiophene rings is 1. The molecule has 0 aliphatic heterocycles. The molecule has 2 unspecified atom stereocenters. The fourth-order valence-electron chi connectivity index (χ4n) is 2.04. The van der Waals surface area contributed by atoms with Gasteiger partial charge in [-0.05, 0) is 49.6 Å². The van der Waals surface area contributed by atoms with Crippen LogP contribution in [-0.4, -0.2) is 25.7 Å². The average Bonchev–Trinajstić information content (AvgIpc) is 3.08. The molecule has 0 aliphatic carbocycles. The van der Waals surface area contributed by atoms with E-state index in [4.69, 9.17) is 4.74 Å². The Labute approximate surface area is 163 Å². The van der Waals surface area contributed by atoms with Gasteiger partial charge < -0.3 is 15.4 Å². The van der Waals surface area contributed by atoms with Gasteiger partial charge in [-0.25, -0.2) is 4.39 Å². The predicted molar refractivity (Wildman–Crippen MR) is 109 cm³/mol. The van der Waals surface area contributed by atoms with Gasteiger partial charge in [0.25, 0.3) is 0 Å². The van der Waals surface area contributed by atoms with E-state index in [1.165, 1.54) is 17.0 Å². The summed E-state index contributed by atoms with van der Waals surface area (Å²) in [5.74, 6) is 1.10. The minimum atomic E-state index is -0.268. The number of hydrogen-bond acceptors (Lipinski definition) is 3. The van der Waals surface area contributed by atoms with Crippen LogP contribution in [-0.2, 0) is 0 Å². The highest BCUT2D eigenvalue weighted by molar-refractivity contribution is 14.0. The van der Waals surface area contributed by atoms with Gasteiger partial charge in [-0.2, -0.15) is 0 Å². The Bertz CT molecular complexity index is 619. The summed E-state index contributed by atoms with van der Waals surface area (Å²) in [6, 6.07) is 10.3. The highest BCUT2D eigenvalue weighted by Crippen LogP contribution is 2.17. The van der Waals surface area contributed by atoms with Gasteiger partial charge in [0.1, 0.15) is 17.7 Å². The van der Waals surface area contributed by atoms with E-state index in [2.05, 4.69) is 34.0 Å². The summed E-state index contributed by atoms with van der Waals surface area (Å²) in [4.78, 5) is 5.48. The molecule has 132 valence electrons. The van der Waals surface area contributed by atoms with Crippen molar-refractivity contribution in [2.45, 2.75) is 26.0 Å². The Morgan fingerprint density at radius 3 is 2.54 bits per heavy atom. The summed E-state index contributed by atoms with van der Waals surface area (Å²) in [6.07, 6.45) is -0.0731. The Balaban J connectivity index is 0.00000288. The Morgan fingerprint density at radius 2 is 1.96 bits per heavy atom. The van der Waals surface area contributed by atoms with Crippen molar-refractivity contribution in [1.82, 2.24) is 10.6 Å². The first kappa shape index (κ1) is 20.7. The first-order chi connectivity index (χ1) is 11.1. The molecule has 0 radical (unpaired) electrons. The van der Waals surface area contributed by atoms with Gasteiger partial charge in [0, 0.05) is 11.9 Å². The quantitative estimate of drug-likeness (QED) is 0.384. The first-order valence-corrected chi connectivity index (χ1v) is 8.39. The number of benzene rings is 1. The first-order valence-electron chi connectivity index (χ1n) is 7.51. The van der Waals surface area contributed by atoms with E-state index >= 15 is 0 Å². The van der Waals surface area contributed by atoms with Gasteiger partial charge in [0.15, 0.2) is 5.96 Å². The topological polar surface area (TPSA) is 45.7 Å². The normalized spacial score (nSPS) is 13.6. The smallest absolute Gasteiger partial charge is 0.191 e. The molecule has 7 heteroatoms. The van der Waals surface area contributed by atoms with Crippen molar-refractivity contribution in [3.8, 4) is 5.75 Å². The lowest BCUT2D eigenvalue weighted by Crippen LogP contribution is -2.42. The van der Waals surface area contributed by atoms with Crippen molar-refractivity contribution >= 4 is 41.3 Å². The molecule has 1 aromatic carbocycles. The molecule has 2 atom stereocenters. The standard InChI is InChI=1S/C17H22FN3OS.HI/c1-12(22-15-8-6-14(18)7-9-15)11-20-17(19-3)21-13(2)16-5-4-10-23-16;/h4-10,12-13H,11H2,1-3H3,(H2,19,20,21);1H. The van der Waals surface area contributed by atoms with Crippen LogP contribution in [0, 0.1) is 5.82 Å². The zero-order valence-corrected chi connectivity index (χ0v) is 17.1. The lowest BCUT2D eigenvalue weighted by Gasteiger charge is -2.20. The molecule has 4 nitrogen and oxygen atoms in total. The van der Waals surface area contributed by atoms with E-state index in [1.54, 1.807) is 30.5 Å². The summed E-state index contributed by atoms with van der Waals surface area (Å²) in [7, 11) is 1.74. The van der Waals surface area contributed by atoms with E-state index in [0.717, 1.165) is 5.96 Å². The van der Waals surface area contributed by atoms with Crippen molar-refractivity contribution in [3.63, 3.8) is 0 Å². The zero-order valence-electron chi connectivity index (χ0n) is 14.0. The molecule has 0 bridgehead atoms. The monoisotopic (exact) mass is 463 g/mol. The van der Waals surface area contributed by atoms with Crippen LogP contribution in [0.25, 0.3) is 0 Å². The third-order valence-corrected chi connectivity index (χ3v) is 4.31. The molecule has 1 heterocycles. The van der Waals surface area contributed by atoms with Crippen molar-refractivity contribution in [2.75, 3.05) is 13.6 Å². The molecule has 0 saturated heterocycles. The minimum Gasteiger partial charge on any atom is -0.489 e. The van der Waals surface area contributed by atoms with Crippen molar-refractivity contribution in [1.29, 1.82) is 0 Å².